The van der Waals surface area contributed by atoms with Crippen LogP contribution in [0.1, 0.15) is 27.2 Å². The monoisotopic (exact) mass is 235 g/mol. The van der Waals surface area contributed by atoms with Crippen molar-refractivity contribution < 1.29 is 4.74 Å². The molecule has 0 unspecified atom stereocenters. The molecule has 0 aliphatic rings. The van der Waals surface area contributed by atoms with Crippen LogP contribution in [0.25, 0.3) is 0 Å². The van der Waals surface area contributed by atoms with Crippen molar-refractivity contribution in [2.24, 2.45) is 0 Å². The Labute approximate surface area is 92.6 Å². The molecule has 6 heteroatoms. The lowest BCUT2D eigenvalue weighted by Gasteiger charge is -2.23. The zero-order chi connectivity index (χ0) is 10.8. The minimum absolute atomic E-state index is 0.0244. The maximum atomic E-state index is 5.74. The molecule has 78 valence electrons. The first kappa shape index (κ1) is 11.5. The lowest BCUT2D eigenvalue weighted by Crippen LogP contribution is -2.27. The van der Waals surface area contributed by atoms with Gasteiger partial charge in [-0.25, -0.2) is 0 Å². The van der Waals surface area contributed by atoms with Gasteiger partial charge < -0.3 is 4.74 Å². The van der Waals surface area contributed by atoms with Crippen LogP contribution >= 0.6 is 23.2 Å². The van der Waals surface area contributed by atoms with Gasteiger partial charge in [0.2, 0.25) is 10.4 Å². The second kappa shape index (κ2) is 4.28. The first-order valence-corrected chi connectivity index (χ1v) is 4.95. The van der Waals surface area contributed by atoms with Gasteiger partial charge in [-0.15, -0.1) is 10.2 Å². The van der Waals surface area contributed by atoms with E-state index >= 15 is 0 Å². The highest BCUT2D eigenvalue weighted by Crippen LogP contribution is 2.25. The zero-order valence-corrected chi connectivity index (χ0v) is 9.72. The van der Waals surface area contributed by atoms with Gasteiger partial charge in [0.15, 0.2) is 0 Å². The van der Waals surface area contributed by atoms with Crippen LogP contribution in [0, 0.1) is 0 Å². The summed E-state index contributed by atoms with van der Waals surface area (Å²) >= 11 is 11.3. The van der Waals surface area contributed by atoms with E-state index in [4.69, 9.17) is 27.9 Å². The van der Waals surface area contributed by atoms with Crippen molar-refractivity contribution in [1.82, 2.24) is 15.2 Å². The normalized spacial score (nSPS) is 11.5. The van der Waals surface area contributed by atoms with E-state index in [1.165, 1.54) is 0 Å². The number of rotatable bonds is 3. The number of ether oxygens (including phenoxy) is 1. The van der Waals surface area contributed by atoms with Crippen molar-refractivity contribution in [2.75, 3.05) is 0 Å². The Morgan fingerprint density at radius 3 is 2.50 bits per heavy atom. The van der Waals surface area contributed by atoms with Crippen molar-refractivity contribution >= 4 is 23.2 Å². The Balaban J connectivity index is 2.91. The highest BCUT2D eigenvalue weighted by Gasteiger charge is 2.20. The standard InChI is InChI=1S/C8H11Cl2N3O/c1-4-8(2,3)14-6-5(9)12-13-7(10)11-6/h4H2,1-3H3. The number of nitrogens with zero attached hydrogens (tertiary/aromatic N) is 3. The molecule has 0 atom stereocenters. The van der Waals surface area contributed by atoms with Crippen LogP contribution in [0.2, 0.25) is 10.4 Å². The average molecular weight is 236 g/mol. The van der Waals surface area contributed by atoms with E-state index in [2.05, 4.69) is 15.2 Å². The molecule has 0 aromatic carbocycles. The van der Waals surface area contributed by atoms with Crippen molar-refractivity contribution in [3.63, 3.8) is 0 Å². The van der Waals surface area contributed by atoms with Crippen molar-refractivity contribution in [3.05, 3.63) is 10.4 Å². The van der Waals surface area contributed by atoms with Crippen LogP contribution in [-0.4, -0.2) is 20.8 Å². The van der Waals surface area contributed by atoms with E-state index in [0.717, 1.165) is 6.42 Å². The molecule has 1 aromatic heterocycles. The van der Waals surface area contributed by atoms with Gasteiger partial charge in [-0.1, -0.05) is 18.5 Å². The molecule has 4 nitrogen and oxygen atoms in total. The molecular formula is C8H11Cl2N3O. The Bertz CT molecular complexity index is 330. The second-order valence-corrected chi connectivity index (χ2v) is 4.09. The van der Waals surface area contributed by atoms with E-state index in [0.29, 0.717) is 0 Å². The molecule has 0 aliphatic heterocycles. The summed E-state index contributed by atoms with van der Waals surface area (Å²) in [6.07, 6.45) is 0.824. The second-order valence-electron chi connectivity index (χ2n) is 3.39. The number of hydrogen-bond acceptors (Lipinski definition) is 4. The van der Waals surface area contributed by atoms with Gasteiger partial charge in [-0.2, -0.15) is 4.98 Å². The van der Waals surface area contributed by atoms with Crippen LogP contribution in [0.15, 0.2) is 0 Å². The van der Waals surface area contributed by atoms with Crippen LogP contribution in [0.4, 0.5) is 0 Å². The fourth-order valence-electron chi connectivity index (χ4n) is 0.679. The lowest BCUT2D eigenvalue weighted by atomic mass is 10.1. The Hall–Kier alpha value is -0.610. The summed E-state index contributed by atoms with van der Waals surface area (Å²) < 4.78 is 5.53. The molecule has 0 N–H and O–H groups in total. The molecule has 1 heterocycles. The third-order valence-electron chi connectivity index (χ3n) is 1.82. The smallest absolute Gasteiger partial charge is 0.257 e. The van der Waals surface area contributed by atoms with Gasteiger partial charge in [-0.3, -0.25) is 0 Å². The number of halogens is 2. The predicted octanol–water partition coefficient (Wildman–Crippen LogP) is 2.75. The van der Waals surface area contributed by atoms with Crippen molar-refractivity contribution in [3.8, 4) is 5.88 Å². The lowest BCUT2D eigenvalue weighted by molar-refractivity contribution is 0.0982. The summed E-state index contributed by atoms with van der Waals surface area (Å²) in [7, 11) is 0. The minimum Gasteiger partial charge on any atom is -0.469 e. The van der Waals surface area contributed by atoms with E-state index in [1.807, 2.05) is 20.8 Å². The van der Waals surface area contributed by atoms with Crippen LogP contribution < -0.4 is 4.74 Å². The fourth-order valence-corrected chi connectivity index (χ4v) is 0.912. The first-order chi connectivity index (χ1) is 6.44. The van der Waals surface area contributed by atoms with Crippen LogP contribution in [0.5, 0.6) is 5.88 Å². The molecule has 0 spiro atoms. The topological polar surface area (TPSA) is 47.9 Å². The third-order valence-corrected chi connectivity index (χ3v) is 2.21. The molecule has 0 aliphatic carbocycles. The van der Waals surface area contributed by atoms with E-state index in [-0.39, 0.29) is 21.9 Å². The largest absolute Gasteiger partial charge is 0.469 e. The highest BCUT2D eigenvalue weighted by molar-refractivity contribution is 6.31. The van der Waals surface area contributed by atoms with Crippen molar-refractivity contribution in [2.45, 2.75) is 32.8 Å². The van der Waals surface area contributed by atoms with Gasteiger partial charge in [0.1, 0.15) is 5.60 Å². The zero-order valence-electron chi connectivity index (χ0n) is 8.21. The third kappa shape index (κ3) is 2.96. The summed E-state index contributed by atoms with van der Waals surface area (Å²) in [6, 6.07) is 0. The summed E-state index contributed by atoms with van der Waals surface area (Å²) in [5, 5.41) is 7.23. The Kier molecular flexibility index (Phi) is 3.50. The molecule has 1 aromatic rings. The Morgan fingerprint density at radius 2 is 1.93 bits per heavy atom. The van der Waals surface area contributed by atoms with Gasteiger partial charge in [0, 0.05) is 0 Å². The molecule has 0 saturated carbocycles. The highest BCUT2D eigenvalue weighted by atomic mass is 35.5. The van der Waals surface area contributed by atoms with Gasteiger partial charge >= 0.3 is 0 Å². The number of hydrogen-bond donors (Lipinski definition) is 0. The summed E-state index contributed by atoms with van der Waals surface area (Å²) in [5.74, 6) is 0.221. The first-order valence-electron chi connectivity index (χ1n) is 4.19. The summed E-state index contributed by atoms with van der Waals surface area (Å²) in [4.78, 5) is 3.84. The summed E-state index contributed by atoms with van der Waals surface area (Å²) in [5.41, 5.74) is -0.344. The molecule has 0 fully saturated rings. The number of aromatic nitrogens is 3. The SMILES string of the molecule is CCC(C)(C)Oc1nc(Cl)nnc1Cl. The average Bonchev–Trinajstić information content (AvgIpc) is 2.11. The molecule has 14 heavy (non-hydrogen) atoms. The van der Waals surface area contributed by atoms with Gasteiger partial charge in [0.05, 0.1) is 0 Å². The fraction of sp³-hybridized carbons (Fsp3) is 0.625. The maximum Gasteiger partial charge on any atom is 0.257 e. The van der Waals surface area contributed by atoms with E-state index in [1.54, 1.807) is 0 Å². The van der Waals surface area contributed by atoms with E-state index < -0.39 is 0 Å². The maximum absolute atomic E-state index is 5.74. The van der Waals surface area contributed by atoms with Crippen molar-refractivity contribution in [1.29, 1.82) is 0 Å². The molecular weight excluding hydrogens is 225 g/mol. The molecule has 0 bridgehead atoms. The molecule has 1 rings (SSSR count). The molecule has 0 saturated heterocycles. The van der Waals surface area contributed by atoms with Gasteiger partial charge in [-0.05, 0) is 31.9 Å². The predicted molar refractivity (Wildman–Crippen MR) is 54.8 cm³/mol. The Morgan fingerprint density at radius 1 is 1.29 bits per heavy atom. The quantitative estimate of drug-likeness (QED) is 0.809. The van der Waals surface area contributed by atoms with E-state index in [9.17, 15) is 0 Å². The van der Waals surface area contributed by atoms with Crippen LogP contribution in [0.3, 0.4) is 0 Å². The molecule has 0 radical (unpaired) electrons. The minimum atomic E-state index is -0.344. The van der Waals surface area contributed by atoms with Gasteiger partial charge in [0.25, 0.3) is 5.88 Å². The molecule has 0 amide bonds. The summed E-state index contributed by atoms with van der Waals surface area (Å²) in [6.45, 7) is 5.86. The van der Waals surface area contributed by atoms with Crippen LogP contribution in [-0.2, 0) is 0 Å².